The molecular weight excluding hydrogens is 282 g/mol. The van der Waals surface area contributed by atoms with Crippen LogP contribution in [0.1, 0.15) is 0 Å². The molecule has 0 aliphatic rings. The molecule has 15 heavy (non-hydrogen) atoms. The summed E-state index contributed by atoms with van der Waals surface area (Å²) in [5, 5.41) is 0. The zero-order chi connectivity index (χ0) is 11.3. The highest BCUT2D eigenvalue weighted by molar-refractivity contribution is 9.10. The van der Waals surface area contributed by atoms with Gasteiger partial charge in [-0.2, -0.15) is 0 Å². The summed E-state index contributed by atoms with van der Waals surface area (Å²) < 4.78 is 30.9. The molecule has 1 N–H and O–H groups in total. The molecule has 0 heterocycles. The van der Waals surface area contributed by atoms with E-state index in [2.05, 4.69) is 20.7 Å². The van der Waals surface area contributed by atoms with Gasteiger partial charge in [-0.3, -0.25) is 4.72 Å². The van der Waals surface area contributed by atoms with Crippen molar-refractivity contribution < 1.29 is 13.2 Å². The Labute approximate surface area is 97.8 Å². The van der Waals surface area contributed by atoms with Crippen molar-refractivity contribution in [1.29, 1.82) is 0 Å². The maximum atomic E-state index is 11.5. The number of para-hydroxylation sites is 1. The number of benzene rings is 1. The van der Waals surface area contributed by atoms with Gasteiger partial charge in [-0.25, -0.2) is 8.42 Å². The SMILES string of the molecule is COCCS(=O)(=O)Nc1ccccc1Br. The Balaban J connectivity index is 2.74. The molecule has 0 fully saturated rings. The van der Waals surface area contributed by atoms with Crippen LogP contribution in [-0.2, 0) is 14.8 Å². The minimum atomic E-state index is -3.32. The molecule has 0 aliphatic heterocycles. The van der Waals surface area contributed by atoms with Gasteiger partial charge in [0.15, 0.2) is 0 Å². The van der Waals surface area contributed by atoms with Crippen molar-refractivity contribution >= 4 is 31.6 Å². The van der Waals surface area contributed by atoms with Crippen LogP contribution in [0.2, 0.25) is 0 Å². The maximum absolute atomic E-state index is 11.5. The zero-order valence-corrected chi connectivity index (χ0v) is 10.6. The number of rotatable bonds is 5. The smallest absolute Gasteiger partial charge is 0.235 e. The van der Waals surface area contributed by atoms with Crippen LogP contribution < -0.4 is 4.72 Å². The molecule has 0 saturated carbocycles. The summed E-state index contributed by atoms with van der Waals surface area (Å²) in [7, 11) is -1.86. The van der Waals surface area contributed by atoms with Gasteiger partial charge in [0.05, 0.1) is 18.0 Å². The molecule has 0 unspecified atom stereocenters. The van der Waals surface area contributed by atoms with Crippen LogP contribution >= 0.6 is 15.9 Å². The average Bonchev–Trinajstić information content (AvgIpc) is 2.18. The summed E-state index contributed by atoms with van der Waals surface area (Å²) >= 11 is 3.26. The van der Waals surface area contributed by atoms with Crippen LogP contribution in [0.25, 0.3) is 0 Å². The number of nitrogens with one attached hydrogen (secondary N) is 1. The Hall–Kier alpha value is -0.590. The highest BCUT2D eigenvalue weighted by Crippen LogP contribution is 2.22. The van der Waals surface area contributed by atoms with Crippen LogP contribution in [-0.4, -0.2) is 27.9 Å². The van der Waals surface area contributed by atoms with Crippen molar-refractivity contribution in [3.8, 4) is 0 Å². The van der Waals surface area contributed by atoms with E-state index in [0.717, 1.165) is 0 Å². The minimum Gasteiger partial charge on any atom is -0.384 e. The van der Waals surface area contributed by atoms with E-state index in [4.69, 9.17) is 4.74 Å². The molecule has 0 aliphatic carbocycles. The summed E-state index contributed by atoms with van der Waals surface area (Å²) in [6, 6.07) is 7.04. The number of sulfonamides is 1. The van der Waals surface area contributed by atoms with Crippen molar-refractivity contribution in [2.24, 2.45) is 0 Å². The summed E-state index contributed by atoms with van der Waals surface area (Å²) in [4.78, 5) is 0. The largest absolute Gasteiger partial charge is 0.384 e. The van der Waals surface area contributed by atoms with Crippen molar-refractivity contribution in [3.63, 3.8) is 0 Å². The number of methoxy groups -OCH3 is 1. The Kier molecular flexibility index (Phi) is 4.56. The molecule has 1 aromatic carbocycles. The molecule has 4 nitrogen and oxygen atoms in total. The highest BCUT2D eigenvalue weighted by Gasteiger charge is 2.11. The van der Waals surface area contributed by atoms with Gasteiger partial charge >= 0.3 is 0 Å². The Bertz CT molecular complexity index is 419. The first-order chi connectivity index (χ1) is 7.05. The normalized spacial score (nSPS) is 11.3. The maximum Gasteiger partial charge on any atom is 0.235 e. The lowest BCUT2D eigenvalue weighted by Gasteiger charge is -2.08. The van der Waals surface area contributed by atoms with E-state index < -0.39 is 10.0 Å². The summed E-state index contributed by atoms with van der Waals surface area (Å²) in [5.41, 5.74) is 0.536. The first-order valence-corrected chi connectivity index (χ1v) is 6.73. The zero-order valence-electron chi connectivity index (χ0n) is 8.23. The first kappa shape index (κ1) is 12.5. The Morgan fingerprint density at radius 1 is 1.40 bits per heavy atom. The second kappa shape index (κ2) is 5.48. The number of ether oxygens (including phenoxy) is 1. The van der Waals surface area contributed by atoms with Gasteiger partial charge in [-0.15, -0.1) is 0 Å². The Morgan fingerprint density at radius 2 is 2.07 bits per heavy atom. The standard InChI is InChI=1S/C9H12BrNO3S/c1-14-6-7-15(12,13)11-9-5-3-2-4-8(9)10/h2-5,11H,6-7H2,1H3. The van der Waals surface area contributed by atoms with Gasteiger partial charge in [-0.05, 0) is 28.1 Å². The third kappa shape index (κ3) is 4.19. The van der Waals surface area contributed by atoms with Crippen LogP contribution in [0.15, 0.2) is 28.7 Å². The van der Waals surface area contributed by atoms with Gasteiger partial charge in [0.1, 0.15) is 0 Å². The monoisotopic (exact) mass is 293 g/mol. The molecule has 0 amide bonds. The summed E-state index contributed by atoms with van der Waals surface area (Å²) in [5.74, 6) is -0.0508. The molecule has 0 radical (unpaired) electrons. The summed E-state index contributed by atoms with van der Waals surface area (Å²) in [6.45, 7) is 0.180. The number of hydrogen-bond donors (Lipinski definition) is 1. The highest BCUT2D eigenvalue weighted by atomic mass is 79.9. The third-order valence-electron chi connectivity index (χ3n) is 1.70. The van der Waals surface area contributed by atoms with Crippen LogP contribution in [0.3, 0.4) is 0 Å². The van der Waals surface area contributed by atoms with E-state index in [-0.39, 0.29) is 12.4 Å². The predicted molar refractivity (Wildman–Crippen MR) is 63.4 cm³/mol. The fourth-order valence-electron chi connectivity index (χ4n) is 0.956. The molecule has 0 bridgehead atoms. The fraction of sp³-hybridized carbons (Fsp3) is 0.333. The van der Waals surface area contributed by atoms with E-state index in [1.54, 1.807) is 18.2 Å². The average molecular weight is 294 g/mol. The molecule has 1 rings (SSSR count). The molecule has 84 valence electrons. The van der Waals surface area contributed by atoms with Crippen LogP contribution in [0.4, 0.5) is 5.69 Å². The Morgan fingerprint density at radius 3 is 2.67 bits per heavy atom. The molecule has 0 atom stereocenters. The fourth-order valence-corrected chi connectivity index (χ4v) is 2.47. The van der Waals surface area contributed by atoms with Crippen molar-refractivity contribution in [2.45, 2.75) is 0 Å². The van der Waals surface area contributed by atoms with Crippen molar-refractivity contribution in [2.75, 3.05) is 24.2 Å². The molecule has 0 spiro atoms. The van der Waals surface area contributed by atoms with Crippen LogP contribution in [0, 0.1) is 0 Å². The van der Waals surface area contributed by atoms with Gasteiger partial charge in [0.25, 0.3) is 0 Å². The van der Waals surface area contributed by atoms with Gasteiger partial charge in [-0.1, -0.05) is 12.1 Å². The van der Waals surface area contributed by atoms with E-state index in [1.165, 1.54) is 7.11 Å². The lowest BCUT2D eigenvalue weighted by atomic mass is 10.3. The molecule has 0 aromatic heterocycles. The molecule has 0 saturated heterocycles. The van der Waals surface area contributed by atoms with Gasteiger partial charge in [0, 0.05) is 11.6 Å². The lowest BCUT2D eigenvalue weighted by molar-refractivity contribution is 0.217. The van der Waals surface area contributed by atoms with E-state index in [9.17, 15) is 8.42 Å². The van der Waals surface area contributed by atoms with Gasteiger partial charge in [0.2, 0.25) is 10.0 Å². The lowest BCUT2D eigenvalue weighted by Crippen LogP contribution is -2.19. The van der Waals surface area contributed by atoms with Crippen LogP contribution in [0.5, 0.6) is 0 Å². The quantitative estimate of drug-likeness (QED) is 0.901. The second-order valence-corrected chi connectivity index (χ2v) is 5.59. The predicted octanol–water partition coefficient (Wildman–Crippen LogP) is 1.84. The van der Waals surface area contributed by atoms with E-state index in [0.29, 0.717) is 10.2 Å². The number of anilines is 1. The summed E-state index contributed by atoms with van der Waals surface area (Å²) in [6.07, 6.45) is 0. The number of halogens is 1. The topological polar surface area (TPSA) is 55.4 Å². The van der Waals surface area contributed by atoms with Gasteiger partial charge < -0.3 is 4.74 Å². The molecule has 1 aromatic rings. The molecule has 6 heteroatoms. The van der Waals surface area contributed by atoms with E-state index in [1.807, 2.05) is 6.07 Å². The first-order valence-electron chi connectivity index (χ1n) is 4.29. The number of hydrogen-bond acceptors (Lipinski definition) is 3. The van der Waals surface area contributed by atoms with E-state index >= 15 is 0 Å². The third-order valence-corrected chi connectivity index (χ3v) is 3.62. The second-order valence-electron chi connectivity index (χ2n) is 2.89. The minimum absolute atomic E-state index is 0.0508. The van der Waals surface area contributed by atoms with Crippen molar-refractivity contribution in [1.82, 2.24) is 0 Å². The molecular formula is C9H12BrNO3S. The van der Waals surface area contributed by atoms with Crippen molar-refractivity contribution in [3.05, 3.63) is 28.7 Å².